The molecule has 3 aliphatic carbocycles. The zero-order valence-electron chi connectivity index (χ0n) is 19.7. The van der Waals surface area contributed by atoms with Gasteiger partial charge in [0, 0.05) is 51.2 Å². The highest BCUT2D eigenvalue weighted by Crippen LogP contribution is 2.55. The van der Waals surface area contributed by atoms with Crippen molar-refractivity contribution in [2.75, 3.05) is 26.1 Å². The van der Waals surface area contributed by atoms with E-state index in [0.29, 0.717) is 24.0 Å². The summed E-state index contributed by atoms with van der Waals surface area (Å²) in [5.41, 5.74) is 6.90. The van der Waals surface area contributed by atoms with Crippen LogP contribution in [0.4, 0.5) is 5.69 Å². The van der Waals surface area contributed by atoms with Crippen molar-refractivity contribution in [1.29, 1.82) is 0 Å². The van der Waals surface area contributed by atoms with E-state index in [0.717, 1.165) is 11.3 Å². The largest absolute Gasteiger partial charge is 0.512 e. The van der Waals surface area contributed by atoms with E-state index < -0.39 is 17.3 Å². The number of ketones is 1. The molecule has 1 aromatic rings. The maximum atomic E-state index is 13.9. The van der Waals surface area contributed by atoms with Crippen LogP contribution in [0.5, 0.6) is 5.75 Å². The number of carbonyl (C=O) groups is 2. The van der Waals surface area contributed by atoms with Gasteiger partial charge < -0.3 is 30.7 Å². The molecule has 1 saturated carbocycles. The van der Waals surface area contributed by atoms with E-state index in [4.69, 9.17) is 10.5 Å². The third-order valence-electron chi connectivity index (χ3n) is 7.61. The van der Waals surface area contributed by atoms with Gasteiger partial charge in [-0.1, -0.05) is 13.8 Å². The molecule has 8 nitrogen and oxygen atoms in total. The number of fused-ring (bicyclic) bond motifs is 3. The van der Waals surface area contributed by atoms with E-state index in [9.17, 15) is 24.9 Å². The number of ether oxygens (including phenoxy) is 1. The SMILES string of the molecule is CO[C@@]12CC(C(N)=O)=C(O)C[C@@H]1C[C@@H]1Cc3c(N(C)C)cc(C(C)C)c(O)c3C(O)=C1C2=O. The van der Waals surface area contributed by atoms with E-state index >= 15 is 0 Å². The van der Waals surface area contributed by atoms with Crippen LogP contribution in [0.3, 0.4) is 0 Å². The van der Waals surface area contributed by atoms with Crippen molar-refractivity contribution in [3.63, 3.8) is 0 Å². The van der Waals surface area contributed by atoms with Gasteiger partial charge in [0.05, 0.1) is 11.1 Å². The lowest BCUT2D eigenvalue weighted by Gasteiger charge is -2.49. The minimum absolute atomic E-state index is 0.00543. The number of primary amides is 1. The number of nitrogens with two attached hydrogens (primary N) is 1. The number of benzene rings is 1. The molecule has 4 rings (SSSR count). The molecular weight excluding hydrogens is 424 g/mol. The first-order valence-corrected chi connectivity index (χ1v) is 11.2. The number of phenols is 1. The first kappa shape index (κ1) is 23.2. The predicted octanol–water partition coefficient (Wildman–Crippen LogP) is 3.09. The zero-order chi connectivity index (χ0) is 24.4. The number of carbonyl (C=O) groups excluding carboxylic acids is 2. The lowest BCUT2D eigenvalue weighted by atomic mass is 9.59. The van der Waals surface area contributed by atoms with Crippen LogP contribution < -0.4 is 10.6 Å². The summed E-state index contributed by atoms with van der Waals surface area (Å²) in [6, 6.07) is 1.94. The Morgan fingerprint density at radius 1 is 1.24 bits per heavy atom. The van der Waals surface area contributed by atoms with Crippen molar-refractivity contribution < 1.29 is 29.6 Å². The highest BCUT2D eigenvalue weighted by Gasteiger charge is 2.58. The van der Waals surface area contributed by atoms with Crippen LogP contribution in [0.15, 0.2) is 23.0 Å². The van der Waals surface area contributed by atoms with E-state index in [1.165, 1.54) is 7.11 Å². The van der Waals surface area contributed by atoms with Crippen LogP contribution in [0, 0.1) is 11.8 Å². The number of amides is 1. The molecule has 0 aliphatic heterocycles. The Morgan fingerprint density at radius 2 is 1.91 bits per heavy atom. The van der Waals surface area contributed by atoms with Crippen LogP contribution in [0.25, 0.3) is 5.76 Å². The van der Waals surface area contributed by atoms with Gasteiger partial charge in [-0.05, 0) is 41.9 Å². The average molecular weight is 457 g/mol. The molecule has 178 valence electrons. The van der Waals surface area contributed by atoms with Crippen molar-refractivity contribution in [3.8, 4) is 5.75 Å². The van der Waals surface area contributed by atoms with Crippen molar-refractivity contribution in [2.24, 2.45) is 17.6 Å². The molecule has 3 aliphatic rings. The Bertz CT molecular complexity index is 1120. The van der Waals surface area contributed by atoms with Crippen LogP contribution in [0.2, 0.25) is 0 Å². The van der Waals surface area contributed by atoms with E-state index in [1.54, 1.807) is 0 Å². The van der Waals surface area contributed by atoms with Crippen molar-refractivity contribution in [1.82, 2.24) is 0 Å². The van der Waals surface area contributed by atoms with Crippen LogP contribution in [0.1, 0.15) is 55.7 Å². The molecular formula is C25H32N2O6. The van der Waals surface area contributed by atoms with Crippen LogP contribution >= 0.6 is 0 Å². The number of hydrogen-bond acceptors (Lipinski definition) is 7. The molecule has 0 bridgehead atoms. The molecule has 1 amide bonds. The topological polar surface area (TPSA) is 133 Å². The van der Waals surface area contributed by atoms with E-state index in [2.05, 4.69) is 0 Å². The second-order valence-electron chi connectivity index (χ2n) is 9.93. The minimum atomic E-state index is -1.40. The number of aliphatic hydroxyl groups excluding tert-OH is 2. The summed E-state index contributed by atoms with van der Waals surface area (Å²) in [4.78, 5) is 27.7. The summed E-state index contributed by atoms with van der Waals surface area (Å²) in [7, 11) is 5.22. The summed E-state index contributed by atoms with van der Waals surface area (Å²) in [5, 5.41) is 33.0. The fraction of sp³-hybridized carbons (Fsp3) is 0.520. The molecule has 0 saturated heterocycles. The molecule has 0 radical (unpaired) electrons. The van der Waals surface area contributed by atoms with Crippen LogP contribution in [-0.4, -0.2) is 53.8 Å². The molecule has 0 spiro atoms. The smallest absolute Gasteiger partial charge is 0.248 e. The molecule has 3 atom stereocenters. The predicted molar refractivity (Wildman–Crippen MR) is 124 cm³/mol. The maximum Gasteiger partial charge on any atom is 0.248 e. The van der Waals surface area contributed by atoms with E-state index in [1.807, 2.05) is 38.9 Å². The standard InChI is InChI=1S/C25H32N2O6/c1-11(2)14-9-17(27(3)4)15-7-12-6-13-8-18(28)16(24(26)32)10-25(13,33-5)23(31)19(12)22(30)20(15)21(14)29/h9,11-13,28-30H,6-8,10H2,1-5H3,(H2,26,32)/t12-,13+,25+/m1/s1. The molecule has 33 heavy (non-hydrogen) atoms. The van der Waals surface area contributed by atoms with Crippen molar-refractivity contribution >= 4 is 23.1 Å². The number of nitrogens with zero attached hydrogens (tertiary/aromatic N) is 1. The fourth-order valence-corrected chi connectivity index (χ4v) is 5.89. The second-order valence-corrected chi connectivity index (χ2v) is 9.93. The number of hydrogen-bond donors (Lipinski definition) is 4. The molecule has 0 heterocycles. The zero-order valence-corrected chi connectivity index (χ0v) is 19.7. The molecule has 0 aromatic heterocycles. The first-order valence-electron chi connectivity index (χ1n) is 11.2. The Labute approximate surface area is 193 Å². The number of methoxy groups -OCH3 is 1. The van der Waals surface area contributed by atoms with Gasteiger partial charge in [0.15, 0.2) is 5.78 Å². The maximum absolute atomic E-state index is 13.9. The normalized spacial score (nSPS) is 26.8. The third kappa shape index (κ3) is 3.22. The van der Waals surface area contributed by atoms with Crippen molar-refractivity contribution in [2.45, 2.75) is 51.0 Å². The van der Waals surface area contributed by atoms with Gasteiger partial charge in [-0.25, -0.2) is 0 Å². The van der Waals surface area contributed by atoms with Crippen molar-refractivity contribution in [3.05, 3.63) is 39.7 Å². The summed E-state index contributed by atoms with van der Waals surface area (Å²) in [6.45, 7) is 3.92. The van der Waals surface area contributed by atoms with Gasteiger partial charge in [-0.3, -0.25) is 9.59 Å². The van der Waals surface area contributed by atoms with Gasteiger partial charge in [-0.2, -0.15) is 0 Å². The number of rotatable bonds is 4. The molecule has 1 aromatic carbocycles. The Kier molecular flexibility index (Phi) is 5.47. The summed E-state index contributed by atoms with van der Waals surface area (Å²) >= 11 is 0. The summed E-state index contributed by atoms with van der Waals surface area (Å²) in [6.07, 6.45) is 0.899. The lowest BCUT2D eigenvalue weighted by Crippen LogP contribution is -2.57. The number of Topliss-reactive ketones (excluding diaryl/α,β-unsaturated/α-hetero) is 1. The number of anilines is 1. The van der Waals surface area contributed by atoms with E-state index in [-0.39, 0.29) is 59.0 Å². The monoisotopic (exact) mass is 456 g/mol. The van der Waals surface area contributed by atoms with Crippen LogP contribution in [-0.2, 0) is 20.7 Å². The number of phenolic OH excluding ortho intramolecular Hbond substituents is 1. The fourth-order valence-electron chi connectivity index (χ4n) is 5.89. The van der Waals surface area contributed by atoms with Gasteiger partial charge in [0.1, 0.15) is 22.9 Å². The second kappa shape index (κ2) is 7.80. The number of aliphatic hydroxyl groups is 2. The molecule has 0 unspecified atom stereocenters. The average Bonchev–Trinajstić information content (AvgIpc) is 2.72. The Morgan fingerprint density at radius 3 is 2.45 bits per heavy atom. The number of allylic oxidation sites excluding steroid dienone is 1. The molecule has 5 N–H and O–H groups in total. The molecule has 8 heteroatoms. The Balaban J connectivity index is 1.94. The highest BCUT2D eigenvalue weighted by atomic mass is 16.5. The highest BCUT2D eigenvalue weighted by molar-refractivity contribution is 6.10. The number of aromatic hydroxyl groups is 1. The summed E-state index contributed by atoms with van der Waals surface area (Å²) < 4.78 is 5.74. The minimum Gasteiger partial charge on any atom is -0.512 e. The quantitative estimate of drug-likeness (QED) is 0.547. The van der Waals surface area contributed by atoms with Gasteiger partial charge in [-0.15, -0.1) is 0 Å². The first-order chi connectivity index (χ1) is 15.4. The lowest BCUT2D eigenvalue weighted by molar-refractivity contribution is -0.152. The summed E-state index contributed by atoms with van der Waals surface area (Å²) in [5.74, 6) is -2.23. The molecule has 1 fully saturated rings. The third-order valence-corrected chi connectivity index (χ3v) is 7.61. The van der Waals surface area contributed by atoms with Gasteiger partial charge in [0.2, 0.25) is 5.91 Å². The van der Waals surface area contributed by atoms with Gasteiger partial charge in [0.25, 0.3) is 0 Å². The van der Waals surface area contributed by atoms with Gasteiger partial charge >= 0.3 is 0 Å². The Hall–Kier alpha value is -3.00.